The van der Waals surface area contributed by atoms with E-state index < -0.39 is 6.61 Å². The van der Waals surface area contributed by atoms with Crippen LogP contribution in [-0.4, -0.2) is 13.7 Å². The molecule has 0 aliphatic rings. The fraction of sp³-hybridized carbons (Fsp3) is 0.200. The maximum Gasteiger partial charge on any atom is 0.387 e. The van der Waals surface area contributed by atoms with Gasteiger partial charge in [0.05, 0.1) is 7.11 Å². The number of para-hydroxylation sites is 1. The Bertz CT molecular complexity index is 324. The molecule has 0 amide bonds. The lowest BCUT2D eigenvalue weighted by molar-refractivity contribution is -0.0512. The average molecular weight is 199 g/mol. The number of alkyl halides is 2. The fourth-order valence-electron chi connectivity index (χ4n) is 1.05. The summed E-state index contributed by atoms with van der Waals surface area (Å²) >= 11 is 0. The summed E-state index contributed by atoms with van der Waals surface area (Å²) in [5.74, 6) is 0.193. The molecule has 0 aromatic heterocycles. The molecule has 2 nitrogen and oxygen atoms in total. The molecule has 0 aliphatic carbocycles. The zero-order valence-corrected chi connectivity index (χ0v) is 7.59. The second-order valence-electron chi connectivity index (χ2n) is 2.39. The van der Waals surface area contributed by atoms with Gasteiger partial charge in [0, 0.05) is 5.56 Å². The van der Waals surface area contributed by atoms with Gasteiger partial charge in [-0.05, 0) is 12.1 Å². The topological polar surface area (TPSA) is 18.5 Å². The van der Waals surface area contributed by atoms with E-state index in [1.54, 1.807) is 12.1 Å². The highest BCUT2D eigenvalue weighted by atomic mass is 19.3. The van der Waals surface area contributed by atoms with Crippen molar-refractivity contribution in [3.8, 4) is 11.5 Å². The molecule has 0 spiro atoms. The van der Waals surface area contributed by atoms with Crippen LogP contribution in [0.1, 0.15) is 5.56 Å². The predicted molar refractivity (Wildman–Crippen MR) is 47.6 cm³/mol. The number of hydrogen-bond acceptors (Lipinski definition) is 2. The number of halogens is 2. The van der Waals surface area contributed by atoms with E-state index in [1.807, 2.05) is 0 Å². The summed E-state index contributed by atoms with van der Waals surface area (Å²) in [5, 5.41) is 0. The third-order valence-corrected chi connectivity index (χ3v) is 1.59. The zero-order chi connectivity index (χ0) is 10.6. The van der Waals surface area contributed by atoms with Crippen molar-refractivity contribution >= 4 is 0 Å². The molecule has 0 aliphatic heterocycles. The molecular formula is C10H9F2O2. The molecular weight excluding hydrogens is 190 g/mol. The molecule has 1 aromatic rings. The fourth-order valence-corrected chi connectivity index (χ4v) is 1.05. The Balaban J connectivity index is 3.08. The zero-order valence-electron chi connectivity index (χ0n) is 7.59. The molecule has 0 atom stereocenters. The molecule has 0 heterocycles. The number of ether oxygens (including phenoxy) is 2. The van der Waals surface area contributed by atoms with Crippen molar-refractivity contribution in [3.63, 3.8) is 0 Å². The molecule has 0 bridgehead atoms. The first-order chi connectivity index (χ1) is 6.69. The van der Waals surface area contributed by atoms with E-state index in [1.165, 1.54) is 13.2 Å². The molecule has 0 N–H and O–H groups in total. The van der Waals surface area contributed by atoms with Crippen molar-refractivity contribution in [1.82, 2.24) is 0 Å². The minimum Gasteiger partial charge on any atom is -0.492 e. The van der Waals surface area contributed by atoms with E-state index in [4.69, 9.17) is 4.74 Å². The normalized spacial score (nSPS) is 10.0. The van der Waals surface area contributed by atoms with Crippen LogP contribution in [0.3, 0.4) is 0 Å². The van der Waals surface area contributed by atoms with E-state index in [9.17, 15) is 8.78 Å². The number of rotatable bonds is 4. The molecule has 1 rings (SSSR count). The second-order valence-corrected chi connectivity index (χ2v) is 2.39. The maximum atomic E-state index is 12.0. The lowest BCUT2D eigenvalue weighted by atomic mass is 10.2. The van der Waals surface area contributed by atoms with E-state index in [0.29, 0.717) is 5.56 Å². The highest BCUT2D eigenvalue weighted by Gasteiger charge is 2.12. The minimum atomic E-state index is -2.87. The predicted octanol–water partition coefficient (Wildman–Crippen LogP) is 2.63. The Morgan fingerprint density at radius 1 is 1.43 bits per heavy atom. The maximum absolute atomic E-state index is 12.0. The molecule has 4 heteroatoms. The van der Waals surface area contributed by atoms with Gasteiger partial charge in [0.25, 0.3) is 0 Å². The Morgan fingerprint density at radius 2 is 2.14 bits per heavy atom. The summed E-state index contributed by atoms with van der Waals surface area (Å²) in [5.41, 5.74) is 0.491. The summed E-state index contributed by atoms with van der Waals surface area (Å²) in [4.78, 5) is 0. The Morgan fingerprint density at radius 3 is 2.64 bits per heavy atom. The summed E-state index contributed by atoms with van der Waals surface area (Å²) in [6.07, 6.45) is 2.56. The summed E-state index contributed by atoms with van der Waals surface area (Å²) < 4.78 is 33.1. The van der Waals surface area contributed by atoms with Gasteiger partial charge in [-0.3, -0.25) is 0 Å². The molecule has 0 saturated carbocycles. The first kappa shape index (κ1) is 10.5. The summed E-state index contributed by atoms with van der Waals surface area (Å²) in [6.45, 7) is 0.540. The van der Waals surface area contributed by atoms with Crippen LogP contribution in [0.2, 0.25) is 0 Å². The summed E-state index contributed by atoms with van der Waals surface area (Å²) in [6, 6.07) is 4.60. The van der Waals surface area contributed by atoms with Gasteiger partial charge in [-0.2, -0.15) is 8.78 Å². The van der Waals surface area contributed by atoms with Gasteiger partial charge in [-0.25, -0.2) is 0 Å². The van der Waals surface area contributed by atoms with Crippen LogP contribution < -0.4 is 9.47 Å². The van der Waals surface area contributed by atoms with E-state index in [0.717, 1.165) is 0 Å². The first-order valence-electron chi connectivity index (χ1n) is 3.84. The van der Waals surface area contributed by atoms with Crippen molar-refractivity contribution < 1.29 is 18.3 Å². The van der Waals surface area contributed by atoms with Crippen LogP contribution in [0.5, 0.6) is 11.5 Å². The first-order valence-corrected chi connectivity index (χ1v) is 3.84. The molecule has 14 heavy (non-hydrogen) atoms. The van der Waals surface area contributed by atoms with Gasteiger partial charge < -0.3 is 9.47 Å². The van der Waals surface area contributed by atoms with E-state index in [2.05, 4.69) is 17.4 Å². The Kier molecular flexibility index (Phi) is 3.45. The summed E-state index contributed by atoms with van der Waals surface area (Å²) in [7, 11) is 1.37. The highest BCUT2D eigenvalue weighted by molar-refractivity contribution is 5.48. The third-order valence-electron chi connectivity index (χ3n) is 1.59. The molecule has 1 aromatic carbocycles. The van der Waals surface area contributed by atoms with Gasteiger partial charge in [-0.15, -0.1) is 0 Å². The quantitative estimate of drug-likeness (QED) is 0.742. The molecule has 0 saturated heterocycles. The van der Waals surface area contributed by atoms with Gasteiger partial charge in [0.2, 0.25) is 0 Å². The van der Waals surface area contributed by atoms with Gasteiger partial charge in [-0.1, -0.05) is 18.7 Å². The van der Waals surface area contributed by atoms with Crippen molar-refractivity contribution in [2.75, 3.05) is 7.11 Å². The average Bonchev–Trinajstić information content (AvgIpc) is 2.16. The third kappa shape index (κ3) is 2.22. The smallest absolute Gasteiger partial charge is 0.387 e. The lowest BCUT2D eigenvalue weighted by Crippen LogP contribution is -2.04. The molecule has 0 unspecified atom stereocenters. The van der Waals surface area contributed by atoms with Crippen LogP contribution >= 0.6 is 0 Å². The Labute approximate surface area is 80.8 Å². The lowest BCUT2D eigenvalue weighted by Gasteiger charge is -2.11. The van der Waals surface area contributed by atoms with Gasteiger partial charge in [0.1, 0.15) is 0 Å². The van der Waals surface area contributed by atoms with Crippen LogP contribution in [0.25, 0.3) is 0 Å². The largest absolute Gasteiger partial charge is 0.492 e. The van der Waals surface area contributed by atoms with Crippen molar-refractivity contribution in [2.24, 2.45) is 0 Å². The van der Waals surface area contributed by atoms with Gasteiger partial charge >= 0.3 is 6.61 Å². The molecule has 0 fully saturated rings. The van der Waals surface area contributed by atoms with Crippen LogP contribution in [0, 0.1) is 6.08 Å². The minimum absolute atomic E-state index is 0.0175. The SMILES string of the molecule is C=[C]c1cccc(OC(F)F)c1OC. The standard InChI is InChI=1S/C10H9F2O2/c1-3-7-5-4-6-8(9(7)13-2)14-10(11)12/h4-6,10H,1H2,2H3. The van der Waals surface area contributed by atoms with Crippen LogP contribution in [-0.2, 0) is 0 Å². The van der Waals surface area contributed by atoms with Crippen LogP contribution in [0.4, 0.5) is 8.78 Å². The van der Waals surface area contributed by atoms with E-state index >= 15 is 0 Å². The number of hydrogen-bond donors (Lipinski definition) is 0. The van der Waals surface area contributed by atoms with Crippen molar-refractivity contribution in [1.29, 1.82) is 0 Å². The second kappa shape index (κ2) is 4.60. The number of methoxy groups -OCH3 is 1. The molecule has 1 radical (unpaired) electrons. The van der Waals surface area contributed by atoms with Gasteiger partial charge in [0.15, 0.2) is 11.5 Å². The van der Waals surface area contributed by atoms with Crippen LogP contribution in [0.15, 0.2) is 24.8 Å². The monoisotopic (exact) mass is 199 g/mol. The van der Waals surface area contributed by atoms with Crippen molar-refractivity contribution in [3.05, 3.63) is 36.4 Å². The Hall–Kier alpha value is -1.58. The highest BCUT2D eigenvalue weighted by Crippen LogP contribution is 2.31. The molecule has 75 valence electrons. The van der Waals surface area contributed by atoms with E-state index in [-0.39, 0.29) is 11.5 Å². The number of benzene rings is 1. The van der Waals surface area contributed by atoms with Crippen molar-refractivity contribution in [2.45, 2.75) is 6.61 Å².